The number of aromatic nitrogens is 2. The van der Waals surface area contributed by atoms with Gasteiger partial charge in [0, 0.05) is 0 Å². The molecule has 1 aromatic heterocycles. The minimum atomic E-state index is -0.562. The maximum absolute atomic E-state index is 10.4. The van der Waals surface area contributed by atoms with Crippen LogP contribution < -0.4 is 0 Å². The number of nitro groups is 1. The van der Waals surface area contributed by atoms with Crippen molar-refractivity contribution >= 4 is 5.82 Å². The standard InChI is InChI=1S/C7H11N3O3/c1-2-6(11)4-9-5-8-3-7(9)10(12)13/h3,5-6,11H,2,4H2,1H3. The van der Waals surface area contributed by atoms with Gasteiger partial charge in [0.2, 0.25) is 0 Å². The zero-order valence-corrected chi connectivity index (χ0v) is 7.25. The Morgan fingerprint density at radius 3 is 3.08 bits per heavy atom. The smallest absolute Gasteiger partial charge is 0.342 e. The molecule has 1 heterocycles. The molecule has 1 aromatic rings. The number of nitrogens with zero attached hydrogens (tertiary/aromatic N) is 3. The molecule has 13 heavy (non-hydrogen) atoms. The van der Waals surface area contributed by atoms with Crippen molar-refractivity contribution in [1.29, 1.82) is 0 Å². The molecule has 1 unspecified atom stereocenters. The van der Waals surface area contributed by atoms with Crippen LogP contribution in [0.2, 0.25) is 0 Å². The molecule has 1 N–H and O–H groups in total. The van der Waals surface area contributed by atoms with Crippen LogP contribution in [0.1, 0.15) is 13.3 Å². The SMILES string of the molecule is CCC(O)Cn1cncc1[N+](=O)[O-]. The highest BCUT2D eigenvalue weighted by atomic mass is 16.6. The fraction of sp³-hybridized carbons (Fsp3) is 0.571. The van der Waals surface area contributed by atoms with Crippen LogP contribution in [0.5, 0.6) is 0 Å². The quantitative estimate of drug-likeness (QED) is 0.549. The first-order valence-corrected chi connectivity index (χ1v) is 3.97. The van der Waals surface area contributed by atoms with Gasteiger partial charge in [-0.1, -0.05) is 6.92 Å². The molecule has 0 saturated heterocycles. The van der Waals surface area contributed by atoms with Gasteiger partial charge >= 0.3 is 5.82 Å². The van der Waals surface area contributed by atoms with E-state index in [9.17, 15) is 15.2 Å². The van der Waals surface area contributed by atoms with Crippen molar-refractivity contribution in [2.75, 3.05) is 0 Å². The van der Waals surface area contributed by atoms with Gasteiger partial charge in [0.1, 0.15) is 12.7 Å². The number of aliphatic hydroxyl groups excluding tert-OH is 1. The summed E-state index contributed by atoms with van der Waals surface area (Å²) in [5.74, 6) is -0.0903. The molecule has 0 amide bonds. The van der Waals surface area contributed by atoms with Crippen molar-refractivity contribution in [3.05, 3.63) is 22.6 Å². The van der Waals surface area contributed by atoms with E-state index in [1.165, 1.54) is 17.1 Å². The lowest BCUT2D eigenvalue weighted by atomic mass is 10.3. The highest BCUT2D eigenvalue weighted by molar-refractivity contribution is 5.14. The monoisotopic (exact) mass is 185 g/mol. The zero-order valence-electron chi connectivity index (χ0n) is 7.25. The van der Waals surface area contributed by atoms with Crippen molar-refractivity contribution in [2.45, 2.75) is 26.0 Å². The van der Waals surface area contributed by atoms with Crippen molar-refractivity contribution in [2.24, 2.45) is 0 Å². The average Bonchev–Trinajstić information content (AvgIpc) is 2.52. The molecule has 0 radical (unpaired) electrons. The third-order valence-corrected chi connectivity index (χ3v) is 1.76. The van der Waals surface area contributed by atoms with E-state index in [-0.39, 0.29) is 12.4 Å². The Morgan fingerprint density at radius 2 is 2.54 bits per heavy atom. The molecule has 0 spiro atoms. The van der Waals surface area contributed by atoms with Crippen molar-refractivity contribution in [3.63, 3.8) is 0 Å². The first-order valence-electron chi connectivity index (χ1n) is 3.97. The summed E-state index contributed by atoms with van der Waals surface area (Å²) in [6.45, 7) is 2.03. The van der Waals surface area contributed by atoms with Gasteiger partial charge in [0.25, 0.3) is 0 Å². The second-order valence-corrected chi connectivity index (χ2v) is 2.72. The lowest BCUT2D eigenvalue weighted by Crippen LogP contribution is -2.15. The van der Waals surface area contributed by atoms with Crippen molar-refractivity contribution < 1.29 is 10.0 Å². The highest BCUT2D eigenvalue weighted by Crippen LogP contribution is 2.10. The van der Waals surface area contributed by atoms with E-state index in [4.69, 9.17) is 0 Å². The number of hydrogen-bond donors (Lipinski definition) is 1. The summed E-state index contributed by atoms with van der Waals surface area (Å²) in [5.41, 5.74) is 0. The Morgan fingerprint density at radius 1 is 1.85 bits per heavy atom. The summed E-state index contributed by atoms with van der Waals surface area (Å²) in [5, 5.41) is 19.7. The molecule has 6 nitrogen and oxygen atoms in total. The Bertz CT molecular complexity index is 297. The van der Waals surface area contributed by atoms with Crippen LogP contribution in [0.25, 0.3) is 0 Å². The second kappa shape index (κ2) is 3.99. The van der Waals surface area contributed by atoms with Gasteiger partial charge in [-0.05, 0) is 11.3 Å². The molecule has 0 fully saturated rings. The number of rotatable bonds is 4. The molecule has 0 aliphatic carbocycles. The summed E-state index contributed by atoms with van der Waals surface area (Å²) < 4.78 is 1.33. The van der Waals surface area contributed by atoms with Crippen LogP contribution in [-0.2, 0) is 6.54 Å². The van der Waals surface area contributed by atoms with E-state index in [1.54, 1.807) is 0 Å². The van der Waals surface area contributed by atoms with Gasteiger partial charge in [0.05, 0.1) is 6.10 Å². The fourth-order valence-corrected chi connectivity index (χ4v) is 0.963. The molecule has 0 aliphatic heterocycles. The summed E-state index contributed by atoms with van der Waals surface area (Å²) in [6.07, 6.45) is 2.52. The van der Waals surface area contributed by atoms with Crippen molar-refractivity contribution in [1.82, 2.24) is 9.55 Å². The maximum atomic E-state index is 10.4. The zero-order chi connectivity index (χ0) is 9.84. The molecular weight excluding hydrogens is 174 g/mol. The van der Waals surface area contributed by atoms with Crippen LogP contribution in [0.15, 0.2) is 12.5 Å². The van der Waals surface area contributed by atoms with Crippen LogP contribution in [0.3, 0.4) is 0 Å². The van der Waals surface area contributed by atoms with Crippen molar-refractivity contribution in [3.8, 4) is 0 Å². The lowest BCUT2D eigenvalue weighted by Gasteiger charge is -2.05. The minimum Gasteiger partial charge on any atom is -0.389 e. The van der Waals surface area contributed by atoms with Gasteiger partial charge in [-0.25, -0.2) is 9.55 Å². The van der Waals surface area contributed by atoms with E-state index >= 15 is 0 Å². The Hall–Kier alpha value is -1.43. The Balaban J connectivity index is 2.76. The van der Waals surface area contributed by atoms with E-state index in [2.05, 4.69) is 4.98 Å². The summed E-state index contributed by atoms with van der Waals surface area (Å²) in [7, 11) is 0. The summed E-state index contributed by atoms with van der Waals surface area (Å²) >= 11 is 0. The largest absolute Gasteiger partial charge is 0.389 e. The third-order valence-electron chi connectivity index (χ3n) is 1.76. The number of imidazole rings is 1. The van der Waals surface area contributed by atoms with Gasteiger partial charge in [-0.3, -0.25) is 0 Å². The van der Waals surface area contributed by atoms with Gasteiger partial charge in [-0.2, -0.15) is 0 Å². The first kappa shape index (κ1) is 9.66. The highest BCUT2D eigenvalue weighted by Gasteiger charge is 2.15. The number of hydrogen-bond acceptors (Lipinski definition) is 4. The van der Waals surface area contributed by atoms with Crippen LogP contribution in [0, 0.1) is 10.1 Å². The van der Waals surface area contributed by atoms with Crippen LogP contribution >= 0.6 is 0 Å². The number of aliphatic hydroxyl groups is 1. The van der Waals surface area contributed by atoms with E-state index in [1.807, 2.05) is 6.92 Å². The predicted octanol–water partition coefficient (Wildman–Crippen LogP) is 0.562. The Labute approximate surface area is 75.0 Å². The Kier molecular flexibility index (Phi) is 2.97. The van der Waals surface area contributed by atoms with Gasteiger partial charge in [0.15, 0.2) is 6.33 Å². The van der Waals surface area contributed by atoms with E-state index in [0.29, 0.717) is 6.42 Å². The fourth-order valence-electron chi connectivity index (χ4n) is 0.963. The first-order chi connectivity index (χ1) is 6.15. The topological polar surface area (TPSA) is 81.2 Å². The third kappa shape index (κ3) is 2.25. The van der Waals surface area contributed by atoms with Gasteiger partial charge < -0.3 is 15.2 Å². The maximum Gasteiger partial charge on any atom is 0.342 e. The average molecular weight is 185 g/mol. The molecular formula is C7H11N3O3. The summed E-state index contributed by atoms with van der Waals surface area (Å²) in [4.78, 5) is 13.5. The molecule has 0 aromatic carbocycles. The molecule has 0 bridgehead atoms. The minimum absolute atomic E-state index is 0.0903. The lowest BCUT2D eigenvalue weighted by molar-refractivity contribution is -0.392. The molecule has 0 aliphatic rings. The van der Waals surface area contributed by atoms with Crippen LogP contribution in [0.4, 0.5) is 5.82 Å². The van der Waals surface area contributed by atoms with Gasteiger partial charge in [-0.15, -0.1) is 0 Å². The normalized spacial score (nSPS) is 12.8. The molecule has 72 valence electrons. The molecule has 0 saturated carbocycles. The molecule has 6 heteroatoms. The second-order valence-electron chi connectivity index (χ2n) is 2.72. The van der Waals surface area contributed by atoms with E-state index < -0.39 is 11.0 Å². The predicted molar refractivity (Wildman–Crippen MR) is 45.2 cm³/mol. The summed E-state index contributed by atoms with van der Waals surface area (Å²) in [6, 6.07) is 0. The molecule has 1 atom stereocenters. The van der Waals surface area contributed by atoms with E-state index in [0.717, 1.165) is 0 Å². The molecule has 1 rings (SSSR count). The van der Waals surface area contributed by atoms with Crippen LogP contribution in [-0.4, -0.2) is 25.7 Å².